The molecule has 48 heavy (non-hydrogen) atoms. The van der Waals surface area contributed by atoms with Crippen LogP contribution in [0.5, 0.6) is 0 Å². The van der Waals surface area contributed by atoms with Crippen LogP contribution in [0.25, 0.3) is 88.0 Å². The Morgan fingerprint density at radius 1 is 0.271 bits per heavy atom. The maximum atomic E-state index is 2.44. The molecule has 0 bridgehead atoms. The van der Waals surface area contributed by atoms with Crippen molar-refractivity contribution in [1.29, 1.82) is 0 Å². The summed E-state index contributed by atoms with van der Waals surface area (Å²) in [4.78, 5) is 0. The third kappa shape index (κ3) is 4.06. The van der Waals surface area contributed by atoms with Crippen LogP contribution >= 0.6 is 0 Å². The quantitative estimate of drug-likeness (QED) is 0.188. The second-order valence-corrected chi connectivity index (χ2v) is 12.6. The molecule has 8 aromatic carbocycles. The standard InChI is InChI=1S/C46H30N2/c1-3-12-31(13-4-1)32-22-24-35(25-23-32)47-43-20-9-7-17-39(43)41-29-42-40-18-8-10-21-44(40)48(46(42)30-45(41)47)36-26-27-38-34(28-36)16-11-19-37(38)33-14-5-2-6-15-33/h1-30H. The van der Waals surface area contributed by atoms with Crippen molar-refractivity contribution >= 4 is 54.4 Å². The van der Waals surface area contributed by atoms with Crippen LogP contribution in [0.1, 0.15) is 0 Å². The molecule has 0 aliphatic rings. The van der Waals surface area contributed by atoms with Crippen LogP contribution in [0, 0.1) is 0 Å². The van der Waals surface area contributed by atoms with Crippen molar-refractivity contribution in [2.75, 3.05) is 0 Å². The number of benzene rings is 8. The van der Waals surface area contributed by atoms with E-state index in [4.69, 9.17) is 0 Å². The molecule has 0 atom stereocenters. The maximum Gasteiger partial charge on any atom is 0.0562 e. The summed E-state index contributed by atoms with van der Waals surface area (Å²) in [5, 5.41) is 7.54. The molecular weight excluding hydrogens is 581 g/mol. The Bertz CT molecular complexity index is 2800. The summed E-state index contributed by atoms with van der Waals surface area (Å²) in [7, 11) is 0. The van der Waals surface area contributed by atoms with Crippen LogP contribution in [0.15, 0.2) is 182 Å². The fourth-order valence-electron chi connectivity index (χ4n) is 7.70. The van der Waals surface area contributed by atoms with E-state index in [2.05, 4.69) is 191 Å². The molecule has 2 heterocycles. The minimum absolute atomic E-state index is 1.15. The Balaban J connectivity index is 1.23. The average Bonchev–Trinajstić information content (AvgIpc) is 3.66. The molecule has 0 saturated carbocycles. The number of rotatable bonds is 4. The van der Waals surface area contributed by atoms with E-state index in [1.54, 1.807) is 0 Å². The van der Waals surface area contributed by atoms with E-state index < -0.39 is 0 Å². The third-order valence-corrected chi connectivity index (χ3v) is 9.91. The molecule has 2 aromatic heterocycles. The topological polar surface area (TPSA) is 9.86 Å². The van der Waals surface area contributed by atoms with Gasteiger partial charge in [0.1, 0.15) is 0 Å². The van der Waals surface area contributed by atoms with Gasteiger partial charge >= 0.3 is 0 Å². The molecule has 0 saturated heterocycles. The zero-order valence-electron chi connectivity index (χ0n) is 26.2. The molecule has 10 aromatic rings. The van der Waals surface area contributed by atoms with Gasteiger partial charge in [-0.15, -0.1) is 0 Å². The summed E-state index contributed by atoms with van der Waals surface area (Å²) in [5.41, 5.74) is 12.1. The highest BCUT2D eigenvalue weighted by Crippen LogP contribution is 2.40. The van der Waals surface area contributed by atoms with Crippen molar-refractivity contribution in [2.45, 2.75) is 0 Å². The van der Waals surface area contributed by atoms with Gasteiger partial charge in [0.15, 0.2) is 0 Å². The highest BCUT2D eigenvalue weighted by molar-refractivity contribution is 6.19. The van der Waals surface area contributed by atoms with Crippen molar-refractivity contribution < 1.29 is 0 Å². The summed E-state index contributed by atoms with van der Waals surface area (Å²) < 4.78 is 4.87. The minimum Gasteiger partial charge on any atom is -0.309 e. The first-order chi connectivity index (χ1) is 23.8. The zero-order chi connectivity index (χ0) is 31.6. The van der Waals surface area contributed by atoms with Crippen LogP contribution in [0.3, 0.4) is 0 Å². The van der Waals surface area contributed by atoms with Gasteiger partial charge in [0.25, 0.3) is 0 Å². The lowest BCUT2D eigenvalue weighted by Gasteiger charge is -2.13. The Kier molecular flexibility index (Phi) is 5.91. The Morgan fingerprint density at radius 3 is 1.48 bits per heavy atom. The lowest BCUT2D eigenvalue weighted by molar-refractivity contribution is 1.17. The summed E-state index contributed by atoms with van der Waals surface area (Å²) in [6, 6.07) is 66.2. The molecule has 0 spiro atoms. The molecule has 0 fully saturated rings. The summed E-state index contributed by atoms with van der Waals surface area (Å²) in [5.74, 6) is 0. The van der Waals surface area contributed by atoms with Gasteiger partial charge in [-0.25, -0.2) is 0 Å². The second-order valence-electron chi connectivity index (χ2n) is 12.6. The first-order valence-corrected chi connectivity index (χ1v) is 16.5. The zero-order valence-corrected chi connectivity index (χ0v) is 26.2. The highest BCUT2D eigenvalue weighted by Gasteiger charge is 2.19. The highest BCUT2D eigenvalue weighted by atomic mass is 15.0. The molecular formula is C46H30N2. The van der Waals surface area contributed by atoms with Crippen LogP contribution in [0.4, 0.5) is 0 Å². The van der Waals surface area contributed by atoms with Crippen molar-refractivity contribution in [1.82, 2.24) is 9.13 Å². The number of hydrogen-bond acceptors (Lipinski definition) is 0. The molecule has 224 valence electrons. The lowest BCUT2D eigenvalue weighted by Crippen LogP contribution is -1.96. The average molecular weight is 611 g/mol. The van der Waals surface area contributed by atoms with Crippen molar-refractivity contribution in [3.8, 4) is 33.6 Å². The Morgan fingerprint density at radius 2 is 0.812 bits per heavy atom. The van der Waals surface area contributed by atoms with Crippen molar-refractivity contribution in [3.05, 3.63) is 182 Å². The van der Waals surface area contributed by atoms with Gasteiger partial charge in [0, 0.05) is 32.9 Å². The molecule has 2 heteroatoms. The van der Waals surface area contributed by atoms with Crippen molar-refractivity contribution in [3.63, 3.8) is 0 Å². The number of hydrogen-bond donors (Lipinski definition) is 0. The van der Waals surface area contributed by atoms with Crippen LogP contribution in [-0.2, 0) is 0 Å². The van der Waals surface area contributed by atoms with E-state index in [9.17, 15) is 0 Å². The van der Waals surface area contributed by atoms with Gasteiger partial charge in [-0.3, -0.25) is 0 Å². The van der Waals surface area contributed by atoms with Gasteiger partial charge in [0.05, 0.1) is 22.1 Å². The van der Waals surface area contributed by atoms with E-state index in [0.29, 0.717) is 0 Å². The molecule has 2 nitrogen and oxygen atoms in total. The molecule has 0 aliphatic heterocycles. The fourth-order valence-corrected chi connectivity index (χ4v) is 7.70. The van der Waals surface area contributed by atoms with E-state index in [1.165, 1.54) is 76.6 Å². The van der Waals surface area contributed by atoms with E-state index >= 15 is 0 Å². The monoisotopic (exact) mass is 610 g/mol. The third-order valence-electron chi connectivity index (χ3n) is 9.91. The van der Waals surface area contributed by atoms with Gasteiger partial charge in [0.2, 0.25) is 0 Å². The first-order valence-electron chi connectivity index (χ1n) is 16.5. The summed E-state index contributed by atoms with van der Waals surface area (Å²) in [6.45, 7) is 0. The number of aromatic nitrogens is 2. The van der Waals surface area contributed by atoms with E-state index in [0.717, 1.165) is 11.4 Å². The van der Waals surface area contributed by atoms with E-state index in [-0.39, 0.29) is 0 Å². The maximum absolute atomic E-state index is 2.44. The van der Waals surface area contributed by atoms with Gasteiger partial charge < -0.3 is 9.13 Å². The molecule has 0 N–H and O–H groups in total. The van der Waals surface area contributed by atoms with Crippen LogP contribution < -0.4 is 0 Å². The largest absolute Gasteiger partial charge is 0.309 e. The van der Waals surface area contributed by atoms with Gasteiger partial charge in [-0.2, -0.15) is 0 Å². The molecule has 0 radical (unpaired) electrons. The summed E-state index contributed by atoms with van der Waals surface area (Å²) >= 11 is 0. The Hall–Kier alpha value is -6.38. The molecule has 0 amide bonds. The van der Waals surface area contributed by atoms with Gasteiger partial charge in [-0.05, 0) is 81.6 Å². The predicted molar refractivity (Wildman–Crippen MR) is 203 cm³/mol. The van der Waals surface area contributed by atoms with Gasteiger partial charge in [-0.1, -0.05) is 133 Å². The molecule has 0 unspecified atom stereocenters. The predicted octanol–water partition coefficient (Wildman–Crippen LogP) is 12.4. The fraction of sp³-hybridized carbons (Fsp3) is 0. The molecule has 0 aliphatic carbocycles. The number of nitrogens with zero attached hydrogens (tertiary/aromatic N) is 2. The normalized spacial score (nSPS) is 11.8. The van der Waals surface area contributed by atoms with Crippen LogP contribution in [-0.4, -0.2) is 9.13 Å². The number of fused-ring (bicyclic) bond motifs is 7. The smallest absolute Gasteiger partial charge is 0.0562 e. The van der Waals surface area contributed by atoms with Crippen molar-refractivity contribution in [2.24, 2.45) is 0 Å². The molecule has 10 rings (SSSR count). The Labute approximate surface area is 278 Å². The first kappa shape index (κ1) is 26.8. The number of para-hydroxylation sites is 2. The van der Waals surface area contributed by atoms with Crippen LogP contribution in [0.2, 0.25) is 0 Å². The second kappa shape index (κ2) is 10.6. The summed E-state index contributed by atoms with van der Waals surface area (Å²) in [6.07, 6.45) is 0. The SMILES string of the molecule is c1ccc(-c2ccc(-n3c4ccccc4c4cc5c6ccccc6n(-c6ccc7c(-c8ccccc8)cccc7c6)c5cc43)cc2)cc1. The van der Waals surface area contributed by atoms with E-state index in [1.807, 2.05) is 0 Å². The lowest BCUT2D eigenvalue weighted by atomic mass is 9.98. The minimum atomic E-state index is 1.15.